The molecule has 1 saturated heterocycles. The zero-order chi connectivity index (χ0) is 15.9. The van der Waals surface area contributed by atoms with Crippen LogP contribution in [-0.4, -0.2) is 53.6 Å². The van der Waals surface area contributed by atoms with E-state index in [0.29, 0.717) is 19.7 Å². The number of hydrogen-bond acceptors (Lipinski definition) is 4. The van der Waals surface area contributed by atoms with Gasteiger partial charge in [-0.15, -0.1) is 6.58 Å². The first kappa shape index (κ1) is 18.0. The summed E-state index contributed by atoms with van der Waals surface area (Å²) in [5.74, 6) is 0. The lowest BCUT2D eigenvalue weighted by atomic mass is 10.1. The number of carbonyl (C=O) groups is 1. The van der Waals surface area contributed by atoms with Crippen LogP contribution >= 0.6 is 0 Å². The molecule has 0 saturated carbocycles. The van der Waals surface area contributed by atoms with E-state index in [4.69, 9.17) is 9.47 Å². The molecular formula is C16H29NO4. The topological polar surface area (TPSA) is 59.0 Å². The molecule has 0 aromatic heterocycles. The number of carbonyl (C=O) groups excluding carboxylic acids is 1. The summed E-state index contributed by atoms with van der Waals surface area (Å²) in [6.45, 7) is 11.1. The van der Waals surface area contributed by atoms with Gasteiger partial charge >= 0.3 is 6.09 Å². The second kappa shape index (κ2) is 8.39. The average Bonchev–Trinajstić information content (AvgIpc) is 2.32. The van der Waals surface area contributed by atoms with E-state index in [0.717, 1.165) is 25.7 Å². The Bertz CT molecular complexity index is 332. The van der Waals surface area contributed by atoms with Crippen molar-refractivity contribution in [3.63, 3.8) is 0 Å². The van der Waals surface area contributed by atoms with E-state index in [1.165, 1.54) is 0 Å². The van der Waals surface area contributed by atoms with E-state index in [-0.39, 0.29) is 18.3 Å². The van der Waals surface area contributed by atoms with Crippen LogP contribution in [0.2, 0.25) is 0 Å². The predicted molar refractivity (Wildman–Crippen MR) is 82.2 cm³/mol. The van der Waals surface area contributed by atoms with Gasteiger partial charge in [0.2, 0.25) is 0 Å². The first-order valence-corrected chi connectivity index (χ1v) is 7.72. The maximum atomic E-state index is 11.7. The molecule has 0 radical (unpaired) electrons. The minimum atomic E-state index is -0.445. The molecule has 1 heterocycles. The van der Waals surface area contributed by atoms with Gasteiger partial charge in [-0.05, 0) is 33.6 Å². The zero-order valence-corrected chi connectivity index (χ0v) is 13.5. The number of nitrogens with zero attached hydrogens (tertiary/aromatic N) is 1. The lowest BCUT2D eigenvalue weighted by Crippen LogP contribution is -2.55. The number of hydrogen-bond donors (Lipinski definition) is 1. The molecular weight excluding hydrogens is 270 g/mol. The molecule has 0 aromatic rings. The Balaban J connectivity index is 1.98. The molecule has 5 nitrogen and oxygen atoms in total. The summed E-state index contributed by atoms with van der Waals surface area (Å²) < 4.78 is 11.0. The Hall–Kier alpha value is -1.07. The lowest BCUT2D eigenvalue weighted by Gasteiger charge is -2.39. The van der Waals surface area contributed by atoms with Crippen molar-refractivity contribution in [1.82, 2.24) is 4.90 Å². The first-order valence-electron chi connectivity index (χ1n) is 7.72. The highest BCUT2D eigenvalue weighted by Crippen LogP contribution is 2.17. The van der Waals surface area contributed by atoms with Gasteiger partial charge in [-0.2, -0.15) is 0 Å². The van der Waals surface area contributed by atoms with Crippen LogP contribution < -0.4 is 0 Å². The van der Waals surface area contributed by atoms with Gasteiger partial charge in [-0.3, -0.25) is 0 Å². The minimum Gasteiger partial charge on any atom is -0.444 e. The molecule has 1 aliphatic heterocycles. The molecule has 5 heteroatoms. The van der Waals surface area contributed by atoms with Gasteiger partial charge in [0.1, 0.15) is 5.60 Å². The molecule has 21 heavy (non-hydrogen) atoms. The Kier molecular flexibility index (Phi) is 7.18. The molecule has 0 bridgehead atoms. The van der Waals surface area contributed by atoms with Crippen molar-refractivity contribution in [2.75, 3.05) is 19.7 Å². The van der Waals surface area contributed by atoms with Crippen molar-refractivity contribution < 1.29 is 19.4 Å². The van der Waals surface area contributed by atoms with Crippen molar-refractivity contribution >= 4 is 6.09 Å². The van der Waals surface area contributed by atoms with Crippen LogP contribution in [0.1, 0.15) is 46.5 Å². The monoisotopic (exact) mass is 299 g/mol. The van der Waals surface area contributed by atoms with E-state index < -0.39 is 5.60 Å². The van der Waals surface area contributed by atoms with Gasteiger partial charge in [0, 0.05) is 6.61 Å². The predicted octanol–water partition coefficient (Wildman–Crippen LogP) is 2.73. The Labute approximate surface area is 127 Å². The van der Waals surface area contributed by atoms with Gasteiger partial charge in [-0.1, -0.05) is 18.9 Å². The fourth-order valence-corrected chi connectivity index (χ4v) is 2.02. The molecule has 1 atom stereocenters. The molecule has 1 amide bonds. The Morgan fingerprint density at radius 1 is 1.38 bits per heavy atom. The third-order valence-corrected chi connectivity index (χ3v) is 3.27. The molecule has 1 unspecified atom stereocenters. The zero-order valence-electron chi connectivity index (χ0n) is 13.5. The summed E-state index contributed by atoms with van der Waals surface area (Å²) >= 11 is 0. The fraction of sp³-hybridized carbons (Fsp3) is 0.812. The number of ether oxygens (including phenoxy) is 2. The van der Waals surface area contributed by atoms with Crippen LogP contribution in [0, 0.1) is 0 Å². The number of aliphatic hydroxyl groups excluding tert-OH is 1. The van der Waals surface area contributed by atoms with Crippen LogP contribution in [0.4, 0.5) is 4.79 Å². The van der Waals surface area contributed by atoms with E-state index in [1.807, 2.05) is 20.8 Å². The number of rotatable bonds is 8. The second-order valence-electron chi connectivity index (χ2n) is 6.53. The molecule has 122 valence electrons. The third kappa shape index (κ3) is 7.48. The number of aliphatic hydroxyl groups is 1. The maximum absolute atomic E-state index is 11.7. The second-order valence-corrected chi connectivity index (χ2v) is 6.53. The minimum absolute atomic E-state index is 0.135. The molecule has 1 rings (SSSR count). The maximum Gasteiger partial charge on any atom is 0.410 e. The third-order valence-electron chi connectivity index (χ3n) is 3.27. The van der Waals surface area contributed by atoms with Crippen molar-refractivity contribution in [3.05, 3.63) is 12.7 Å². The summed E-state index contributed by atoms with van der Waals surface area (Å²) in [6, 6.07) is 0. The van der Waals surface area contributed by atoms with Gasteiger partial charge in [-0.25, -0.2) is 4.79 Å². The summed E-state index contributed by atoms with van der Waals surface area (Å²) in [4.78, 5) is 13.4. The highest BCUT2D eigenvalue weighted by Gasteiger charge is 2.34. The number of amides is 1. The normalized spacial score (nSPS) is 17.2. The summed E-state index contributed by atoms with van der Waals surface area (Å²) in [5.41, 5.74) is -0.445. The van der Waals surface area contributed by atoms with Crippen LogP contribution in [0.5, 0.6) is 0 Å². The summed E-state index contributed by atoms with van der Waals surface area (Å²) in [7, 11) is 0. The lowest BCUT2D eigenvalue weighted by molar-refractivity contribution is -0.0637. The smallest absolute Gasteiger partial charge is 0.410 e. The van der Waals surface area contributed by atoms with Crippen molar-refractivity contribution in [2.24, 2.45) is 0 Å². The highest BCUT2D eigenvalue weighted by molar-refractivity contribution is 5.69. The van der Waals surface area contributed by atoms with Gasteiger partial charge in [0.15, 0.2) is 0 Å². The van der Waals surface area contributed by atoms with Gasteiger partial charge in [0.25, 0.3) is 0 Å². The molecule has 1 N–H and O–H groups in total. The van der Waals surface area contributed by atoms with E-state index in [1.54, 1.807) is 11.0 Å². The molecule has 0 aromatic carbocycles. The van der Waals surface area contributed by atoms with Gasteiger partial charge < -0.3 is 19.5 Å². The highest BCUT2D eigenvalue weighted by atomic mass is 16.6. The van der Waals surface area contributed by atoms with Crippen LogP contribution in [0.3, 0.4) is 0 Å². The SMILES string of the molecule is C=CC(O)CCCCCOC1CN(C(=O)OC(C)(C)C)C1. The quantitative estimate of drug-likeness (QED) is 0.553. The van der Waals surface area contributed by atoms with Gasteiger partial charge in [0.05, 0.1) is 25.3 Å². The molecule has 0 aliphatic carbocycles. The standard InChI is InChI=1S/C16H29NO4/c1-5-13(18)9-7-6-8-10-20-14-11-17(12-14)15(19)21-16(2,3)4/h5,13-14,18H,1,6-12H2,2-4H3. The van der Waals surface area contributed by atoms with Crippen LogP contribution in [0.15, 0.2) is 12.7 Å². The molecule has 1 aliphatic rings. The van der Waals surface area contributed by atoms with Crippen molar-refractivity contribution in [2.45, 2.75) is 64.3 Å². The Morgan fingerprint density at radius 2 is 2.05 bits per heavy atom. The van der Waals surface area contributed by atoms with E-state index in [2.05, 4.69) is 6.58 Å². The molecule has 0 spiro atoms. The number of likely N-dealkylation sites (tertiary alicyclic amines) is 1. The first-order chi connectivity index (χ1) is 9.81. The van der Waals surface area contributed by atoms with Crippen molar-refractivity contribution in [1.29, 1.82) is 0 Å². The Morgan fingerprint density at radius 3 is 2.62 bits per heavy atom. The number of unbranched alkanes of at least 4 members (excludes halogenated alkanes) is 2. The van der Waals surface area contributed by atoms with E-state index in [9.17, 15) is 9.90 Å². The summed E-state index contributed by atoms with van der Waals surface area (Å²) in [5, 5.41) is 9.31. The summed E-state index contributed by atoms with van der Waals surface area (Å²) in [6.07, 6.45) is 4.80. The fourth-order valence-electron chi connectivity index (χ4n) is 2.02. The molecule has 1 fully saturated rings. The van der Waals surface area contributed by atoms with E-state index >= 15 is 0 Å². The largest absolute Gasteiger partial charge is 0.444 e. The van der Waals surface area contributed by atoms with Crippen LogP contribution in [-0.2, 0) is 9.47 Å². The van der Waals surface area contributed by atoms with Crippen LogP contribution in [0.25, 0.3) is 0 Å². The van der Waals surface area contributed by atoms with Crippen molar-refractivity contribution in [3.8, 4) is 0 Å². The average molecular weight is 299 g/mol.